The molecule has 2 atom stereocenters. The minimum Gasteiger partial charge on any atom is -0.394 e. The van der Waals surface area contributed by atoms with E-state index in [-0.39, 0.29) is 30.5 Å². The molecule has 0 saturated carbocycles. The van der Waals surface area contributed by atoms with Crippen LogP contribution < -0.4 is 5.32 Å². The Morgan fingerprint density at radius 3 is 2.83 bits per heavy atom. The standard InChI is InChI=1S/C21H24ClN3O3S/c1-24-7-6-13-8-14(2-3-15(13)10-24)21(28)25-11-16(9-17(25)12-26)23-20(27)18-4-5-19(22)29-18/h2-5,8,16-17,26H,6-7,9-12H2,1H3,(H,23,27). The topological polar surface area (TPSA) is 72.9 Å². The third-order valence-electron chi connectivity index (χ3n) is 5.67. The monoisotopic (exact) mass is 433 g/mol. The lowest BCUT2D eigenvalue weighted by Gasteiger charge is -2.27. The number of carbonyl (C=O) groups is 2. The van der Waals surface area contributed by atoms with E-state index in [0.717, 1.165) is 19.5 Å². The number of benzene rings is 1. The fourth-order valence-electron chi connectivity index (χ4n) is 4.13. The molecule has 1 aromatic carbocycles. The van der Waals surface area contributed by atoms with Gasteiger partial charge in [-0.2, -0.15) is 0 Å². The predicted octanol–water partition coefficient (Wildman–Crippen LogP) is 2.39. The van der Waals surface area contributed by atoms with Crippen LogP contribution in [-0.4, -0.2) is 65.5 Å². The van der Waals surface area contributed by atoms with E-state index < -0.39 is 0 Å². The highest BCUT2D eigenvalue weighted by atomic mass is 35.5. The zero-order valence-corrected chi connectivity index (χ0v) is 17.8. The van der Waals surface area contributed by atoms with E-state index in [9.17, 15) is 14.7 Å². The molecule has 0 spiro atoms. The van der Waals surface area contributed by atoms with Gasteiger partial charge in [0.15, 0.2) is 0 Å². The minimum absolute atomic E-state index is 0.0957. The van der Waals surface area contributed by atoms with Crippen LogP contribution in [0.5, 0.6) is 0 Å². The van der Waals surface area contributed by atoms with Crippen LogP contribution in [-0.2, 0) is 13.0 Å². The normalized spacial score (nSPS) is 21.8. The fourth-order valence-corrected chi connectivity index (χ4v) is 5.08. The van der Waals surface area contributed by atoms with Gasteiger partial charge in [0.05, 0.1) is 21.9 Å². The Hall–Kier alpha value is -1.93. The van der Waals surface area contributed by atoms with Crippen LogP contribution in [0.4, 0.5) is 0 Å². The molecule has 0 radical (unpaired) electrons. The van der Waals surface area contributed by atoms with Crippen LogP contribution in [0.2, 0.25) is 4.34 Å². The van der Waals surface area contributed by atoms with E-state index in [1.165, 1.54) is 22.5 Å². The number of hydrogen-bond donors (Lipinski definition) is 2. The smallest absolute Gasteiger partial charge is 0.261 e. The quantitative estimate of drug-likeness (QED) is 0.776. The number of hydrogen-bond acceptors (Lipinski definition) is 5. The van der Waals surface area contributed by atoms with Crippen LogP contribution in [0, 0.1) is 0 Å². The zero-order chi connectivity index (χ0) is 20.5. The molecule has 6 nitrogen and oxygen atoms in total. The van der Waals surface area contributed by atoms with Crippen molar-refractivity contribution in [3.63, 3.8) is 0 Å². The van der Waals surface area contributed by atoms with Gasteiger partial charge in [-0.25, -0.2) is 0 Å². The molecule has 3 heterocycles. The van der Waals surface area contributed by atoms with E-state index in [0.29, 0.717) is 27.7 Å². The molecule has 2 aliphatic rings. The van der Waals surface area contributed by atoms with Crippen molar-refractivity contribution >= 4 is 34.8 Å². The fraction of sp³-hybridized carbons (Fsp3) is 0.429. The van der Waals surface area contributed by atoms with E-state index in [2.05, 4.69) is 17.3 Å². The summed E-state index contributed by atoms with van der Waals surface area (Å²) in [6, 6.07) is 8.76. The number of aliphatic hydroxyl groups excluding tert-OH is 1. The Morgan fingerprint density at radius 2 is 2.10 bits per heavy atom. The molecule has 4 rings (SSSR count). The summed E-state index contributed by atoms with van der Waals surface area (Å²) in [6.45, 7) is 2.13. The van der Waals surface area contributed by atoms with Crippen molar-refractivity contribution < 1.29 is 14.7 Å². The maximum Gasteiger partial charge on any atom is 0.261 e. The molecule has 1 aromatic heterocycles. The molecule has 154 valence electrons. The third kappa shape index (κ3) is 4.33. The molecule has 0 bridgehead atoms. The molecular weight excluding hydrogens is 410 g/mol. The maximum absolute atomic E-state index is 13.1. The maximum atomic E-state index is 13.1. The van der Waals surface area contributed by atoms with Crippen LogP contribution in [0.25, 0.3) is 0 Å². The Balaban J connectivity index is 1.46. The largest absolute Gasteiger partial charge is 0.394 e. The number of likely N-dealkylation sites (N-methyl/N-ethyl adjacent to an activating group) is 1. The van der Waals surface area contributed by atoms with Crippen molar-refractivity contribution in [1.29, 1.82) is 0 Å². The van der Waals surface area contributed by atoms with Crippen LogP contribution >= 0.6 is 22.9 Å². The lowest BCUT2D eigenvalue weighted by atomic mass is 9.97. The van der Waals surface area contributed by atoms with Gasteiger partial charge in [0.2, 0.25) is 0 Å². The van der Waals surface area contributed by atoms with Gasteiger partial charge in [0, 0.05) is 31.2 Å². The summed E-state index contributed by atoms with van der Waals surface area (Å²) in [5.41, 5.74) is 3.12. The van der Waals surface area contributed by atoms with Crippen molar-refractivity contribution in [2.75, 3.05) is 26.7 Å². The molecule has 2 aliphatic heterocycles. The van der Waals surface area contributed by atoms with Gasteiger partial charge in [-0.3, -0.25) is 9.59 Å². The Morgan fingerprint density at radius 1 is 1.28 bits per heavy atom. The van der Waals surface area contributed by atoms with E-state index >= 15 is 0 Å². The summed E-state index contributed by atoms with van der Waals surface area (Å²) >= 11 is 7.13. The van der Waals surface area contributed by atoms with Crippen LogP contribution in [0.1, 0.15) is 37.6 Å². The summed E-state index contributed by atoms with van der Waals surface area (Å²) in [6.07, 6.45) is 1.46. The van der Waals surface area contributed by atoms with Gasteiger partial charge in [-0.15, -0.1) is 11.3 Å². The number of fused-ring (bicyclic) bond motifs is 1. The molecule has 2 amide bonds. The highest BCUT2D eigenvalue weighted by Gasteiger charge is 2.36. The molecule has 29 heavy (non-hydrogen) atoms. The molecule has 2 unspecified atom stereocenters. The summed E-state index contributed by atoms with van der Waals surface area (Å²) in [5, 5.41) is 12.8. The van der Waals surface area contributed by atoms with Crippen LogP contribution in [0.15, 0.2) is 30.3 Å². The third-order valence-corrected chi connectivity index (χ3v) is 6.90. The SMILES string of the molecule is CN1CCc2cc(C(=O)N3CC(NC(=O)c4ccc(Cl)s4)CC3CO)ccc2C1. The lowest BCUT2D eigenvalue weighted by Crippen LogP contribution is -2.40. The van der Waals surface area contributed by atoms with Gasteiger partial charge >= 0.3 is 0 Å². The van der Waals surface area contributed by atoms with Crippen LogP contribution in [0.3, 0.4) is 0 Å². The van der Waals surface area contributed by atoms with Crippen molar-refractivity contribution in [3.05, 3.63) is 56.2 Å². The van der Waals surface area contributed by atoms with E-state index in [1.807, 2.05) is 18.2 Å². The van der Waals surface area contributed by atoms with Crippen molar-refractivity contribution in [3.8, 4) is 0 Å². The first-order chi connectivity index (χ1) is 13.9. The number of carbonyl (C=O) groups excluding carboxylic acids is 2. The predicted molar refractivity (Wildman–Crippen MR) is 114 cm³/mol. The van der Waals surface area contributed by atoms with Gasteiger partial charge in [-0.1, -0.05) is 17.7 Å². The summed E-state index contributed by atoms with van der Waals surface area (Å²) in [7, 11) is 2.09. The number of nitrogens with one attached hydrogen (secondary N) is 1. The molecule has 0 aliphatic carbocycles. The zero-order valence-electron chi connectivity index (χ0n) is 16.2. The first-order valence-electron chi connectivity index (χ1n) is 9.73. The average Bonchev–Trinajstić information content (AvgIpc) is 3.33. The second-order valence-corrected chi connectivity index (χ2v) is 9.49. The Kier molecular flexibility index (Phi) is 5.92. The van der Waals surface area contributed by atoms with Gasteiger partial charge in [0.1, 0.15) is 0 Å². The number of halogens is 1. The number of thiophene rings is 1. The lowest BCUT2D eigenvalue weighted by molar-refractivity contribution is 0.0674. The molecule has 2 aromatic rings. The van der Waals surface area contributed by atoms with Gasteiger partial charge < -0.3 is 20.2 Å². The molecule has 2 N–H and O–H groups in total. The molecular formula is C21H24ClN3O3S. The van der Waals surface area contributed by atoms with Crippen molar-refractivity contribution in [2.24, 2.45) is 0 Å². The number of likely N-dealkylation sites (tertiary alicyclic amines) is 1. The van der Waals surface area contributed by atoms with Gasteiger partial charge in [-0.05, 0) is 55.3 Å². The highest BCUT2D eigenvalue weighted by molar-refractivity contribution is 7.18. The summed E-state index contributed by atoms with van der Waals surface area (Å²) in [5.74, 6) is -0.294. The molecule has 1 fully saturated rings. The first kappa shape index (κ1) is 20.3. The molecule has 1 saturated heterocycles. The van der Waals surface area contributed by atoms with E-state index in [1.54, 1.807) is 17.0 Å². The van der Waals surface area contributed by atoms with Crippen molar-refractivity contribution in [2.45, 2.75) is 31.5 Å². The Bertz CT molecular complexity index is 932. The second kappa shape index (κ2) is 8.44. The second-order valence-electron chi connectivity index (χ2n) is 7.78. The average molecular weight is 434 g/mol. The number of aliphatic hydroxyl groups is 1. The number of rotatable bonds is 4. The molecule has 8 heteroatoms. The summed E-state index contributed by atoms with van der Waals surface area (Å²) in [4.78, 5) is 30.0. The number of nitrogens with zero attached hydrogens (tertiary/aromatic N) is 2. The van der Waals surface area contributed by atoms with Gasteiger partial charge in [0.25, 0.3) is 11.8 Å². The Labute approximate surface area is 179 Å². The summed E-state index contributed by atoms with van der Waals surface area (Å²) < 4.78 is 0.560. The van der Waals surface area contributed by atoms with Crippen molar-refractivity contribution in [1.82, 2.24) is 15.1 Å². The minimum atomic E-state index is -0.304. The first-order valence-corrected chi connectivity index (χ1v) is 10.9. The highest BCUT2D eigenvalue weighted by Crippen LogP contribution is 2.25. The van der Waals surface area contributed by atoms with E-state index in [4.69, 9.17) is 11.6 Å². The number of amides is 2.